The quantitative estimate of drug-likeness (QED) is 0.897. The Hall–Kier alpha value is -1.29. The molecule has 128 valence electrons. The summed E-state index contributed by atoms with van der Waals surface area (Å²) in [6.07, 6.45) is 0. The van der Waals surface area contributed by atoms with E-state index in [1.807, 2.05) is 14.0 Å². The van der Waals surface area contributed by atoms with Gasteiger partial charge >= 0.3 is 6.61 Å². The number of hydrogen-bond donors (Lipinski definition) is 1. The van der Waals surface area contributed by atoms with Crippen LogP contribution in [0.1, 0.15) is 16.7 Å². The van der Waals surface area contributed by atoms with E-state index in [1.165, 1.54) is 11.3 Å². The lowest BCUT2D eigenvalue weighted by Crippen LogP contribution is -2.44. The molecule has 3 heterocycles. The Morgan fingerprint density at radius 1 is 1.52 bits per heavy atom. The Labute approximate surface area is 142 Å². The van der Waals surface area contributed by atoms with E-state index in [0.717, 1.165) is 24.5 Å². The maximum Gasteiger partial charge on any atom is 0.387 e. The van der Waals surface area contributed by atoms with Gasteiger partial charge < -0.3 is 14.6 Å². The summed E-state index contributed by atoms with van der Waals surface area (Å²) < 4.78 is 34.7. The van der Waals surface area contributed by atoms with Crippen molar-refractivity contribution in [2.45, 2.75) is 19.6 Å². The minimum Gasteiger partial charge on any atom is -0.433 e. The number of thiophene rings is 1. The zero-order valence-electron chi connectivity index (χ0n) is 12.6. The zero-order valence-corrected chi connectivity index (χ0v) is 14.2. The van der Waals surface area contributed by atoms with Crippen molar-refractivity contribution in [2.75, 3.05) is 26.7 Å². The molecule has 10 heteroatoms. The third-order valence-corrected chi connectivity index (χ3v) is 4.50. The molecule has 0 amide bonds. The molecule has 1 unspecified atom stereocenters. The molecule has 2 aromatic rings. The van der Waals surface area contributed by atoms with E-state index in [-0.39, 0.29) is 30.1 Å². The highest BCUT2D eigenvalue weighted by molar-refractivity contribution is 7.15. The summed E-state index contributed by atoms with van der Waals surface area (Å²) in [4.78, 5) is 7.76. The Bertz CT molecular complexity index is 652. The normalized spacial score (nSPS) is 18.9. The number of aromatic nitrogens is 2. The number of likely N-dealkylation sites (N-methyl/N-ethyl adjacent to an activating group) is 1. The predicted molar refractivity (Wildman–Crippen MR) is 84.5 cm³/mol. The summed E-state index contributed by atoms with van der Waals surface area (Å²) in [6, 6.07) is 1.55. The van der Waals surface area contributed by atoms with E-state index < -0.39 is 6.61 Å². The number of hydrogen-bond acceptors (Lipinski definition) is 7. The molecule has 1 saturated heterocycles. The second-order valence-electron chi connectivity index (χ2n) is 5.09. The highest BCUT2D eigenvalue weighted by atomic mass is 35.5. The van der Waals surface area contributed by atoms with Gasteiger partial charge in [-0.3, -0.25) is 4.90 Å². The van der Waals surface area contributed by atoms with Gasteiger partial charge in [0.25, 0.3) is 5.89 Å². The molecular weight excluding hydrogens is 350 g/mol. The molecule has 1 aliphatic heterocycles. The van der Waals surface area contributed by atoms with Gasteiger partial charge in [0.1, 0.15) is 10.6 Å². The molecule has 1 aliphatic rings. The van der Waals surface area contributed by atoms with Crippen LogP contribution in [0.15, 0.2) is 10.6 Å². The summed E-state index contributed by atoms with van der Waals surface area (Å²) in [7, 11) is 1.99. The highest BCUT2D eigenvalue weighted by Crippen LogP contribution is 2.38. The minimum absolute atomic E-state index is 0. The molecule has 1 atom stereocenters. The van der Waals surface area contributed by atoms with Gasteiger partial charge in [0.15, 0.2) is 5.82 Å². The van der Waals surface area contributed by atoms with Gasteiger partial charge in [0, 0.05) is 24.5 Å². The van der Waals surface area contributed by atoms with Crippen LogP contribution >= 0.6 is 23.7 Å². The third-order valence-electron chi connectivity index (χ3n) is 3.48. The van der Waals surface area contributed by atoms with E-state index in [4.69, 9.17) is 4.52 Å². The zero-order chi connectivity index (χ0) is 15.7. The monoisotopic (exact) mass is 366 g/mol. The Balaban J connectivity index is 0.00000192. The van der Waals surface area contributed by atoms with E-state index in [2.05, 4.69) is 25.1 Å². The van der Waals surface area contributed by atoms with Crippen molar-refractivity contribution in [3.05, 3.63) is 16.8 Å². The minimum atomic E-state index is -2.89. The van der Waals surface area contributed by atoms with Crippen LogP contribution < -0.4 is 10.1 Å². The SMILES string of the molecule is Cc1cc(OC(F)F)c(-c2nc(C3CNCCN3C)no2)s1.Cl. The first-order valence-corrected chi connectivity index (χ1v) is 7.66. The van der Waals surface area contributed by atoms with Crippen LogP contribution in [-0.4, -0.2) is 48.3 Å². The van der Waals surface area contributed by atoms with E-state index in [1.54, 1.807) is 6.07 Å². The maximum atomic E-state index is 12.5. The fourth-order valence-corrected chi connectivity index (χ4v) is 3.25. The molecule has 1 N–H and O–H groups in total. The first-order valence-electron chi connectivity index (χ1n) is 6.85. The Morgan fingerprint density at radius 2 is 2.30 bits per heavy atom. The van der Waals surface area contributed by atoms with Crippen molar-refractivity contribution in [1.29, 1.82) is 0 Å². The van der Waals surface area contributed by atoms with Gasteiger partial charge in [-0.15, -0.1) is 23.7 Å². The first kappa shape index (κ1) is 18.1. The van der Waals surface area contributed by atoms with Crippen molar-refractivity contribution in [3.8, 4) is 16.5 Å². The van der Waals surface area contributed by atoms with Gasteiger partial charge in [-0.2, -0.15) is 13.8 Å². The average molecular weight is 367 g/mol. The van der Waals surface area contributed by atoms with Crippen molar-refractivity contribution < 1.29 is 18.0 Å². The van der Waals surface area contributed by atoms with Crippen molar-refractivity contribution in [3.63, 3.8) is 0 Å². The van der Waals surface area contributed by atoms with E-state index in [0.29, 0.717) is 10.7 Å². The topological polar surface area (TPSA) is 63.4 Å². The fourth-order valence-electron chi connectivity index (χ4n) is 2.38. The smallest absolute Gasteiger partial charge is 0.387 e. The van der Waals surface area contributed by atoms with Gasteiger partial charge in [0.05, 0.1) is 6.04 Å². The van der Waals surface area contributed by atoms with Gasteiger partial charge in [-0.25, -0.2) is 0 Å². The maximum absolute atomic E-state index is 12.5. The van der Waals surface area contributed by atoms with Crippen LogP contribution in [0.5, 0.6) is 5.75 Å². The number of aryl methyl sites for hydroxylation is 1. The molecule has 1 fully saturated rings. The van der Waals surface area contributed by atoms with Crippen LogP contribution in [-0.2, 0) is 0 Å². The molecule has 0 spiro atoms. The highest BCUT2D eigenvalue weighted by Gasteiger charge is 2.27. The third kappa shape index (κ3) is 3.97. The molecular formula is C13H17ClF2N4O2S. The van der Waals surface area contributed by atoms with Crippen molar-refractivity contribution in [1.82, 2.24) is 20.4 Å². The summed E-state index contributed by atoms with van der Waals surface area (Å²) in [6.45, 7) is 1.44. The van der Waals surface area contributed by atoms with Crippen LogP contribution in [0, 0.1) is 6.92 Å². The molecule has 0 saturated carbocycles. The van der Waals surface area contributed by atoms with E-state index >= 15 is 0 Å². The van der Waals surface area contributed by atoms with Gasteiger partial charge in [-0.05, 0) is 20.0 Å². The van der Waals surface area contributed by atoms with Gasteiger partial charge in [-0.1, -0.05) is 5.16 Å². The lowest BCUT2D eigenvalue weighted by molar-refractivity contribution is -0.0492. The molecule has 3 rings (SSSR count). The van der Waals surface area contributed by atoms with Crippen molar-refractivity contribution >= 4 is 23.7 Å². The molecule has 0 radical (unpaired) electrons. The number of ether oxygens (including phenoxy) is 1. The summed E-state index contributed by atoms with van der Waals surface area (Å²) in [5.74, 6) is 0.823. The first-order chi connectivity index (χ1) is 10.5. The number of piperazine rings is 1. The lowest BCUT2D eigenvalue weighted by Gasteiger charge is -2.30. The average Bonchev–Trinajstić information content (AvgIpc) is 3.05. The predicted octanol–water partition coefficient (Wildman–Crippen LogP) is 2.71. The second-order valence-corrected chi connectivity index (χ2v) is 6.34. The van der Waals surface area contributed by atoms with Crippen LogP contribution in [0.4, 0.5) is 8.78 Å². The largest absolute Gasteiger partial charge is 0.433 e. The number of alkyl halides is 2. The van der Waals surface area contributed by atoms with Crippen molar-refractivity contribution in [2.24, 2.45) is 0 Å². The summed E-state index contributed by atoms with van der Waals surface area (Å²) in [5.41, 5.74) is 0. The summed E-state index contributed by atoms with van der Waals surface area (Å²) in [5, 5.41) is 7.26. The summed E-state index contributed by atoms with van der Waals surface area (Å²) >= 11 is 1.29. The number of nitrogens with zero attached hydrogens (tertiary/aromatic N) is 3. The van der Waals surface area contributed by atoms with Crippen LogP contribution in [0.25, 0.3) is 10.8 Å². The Morgan fingerprint density at radius 3 is 3.00 bits per heavy atom. The van der Waals surface area contributed by atoms with Crippen LogP contribution in [0.2, 0.25) is 0 Å². The number of nitrogens with one attached hydrogen (secondary N) is 1. The Kier molecular flexibility index (Phi) is 5.90. The number of rotatable bonds is 4. The molecule has 23 heavy (non-hydrogen) atoms. The standard InChI is InChI=1S/C13H16F2N4O2S.ClH/c1-7-5-9(20-13(14)15)10(22-7)12-17-11(18-21-12)8-6-16-3-4-19(8)2;/h5,8,13,16H,3-4,6H2,1-2H3;1H. The molecule has 6 nitrogen and oxygen atoms in total. The number of halogens is 3. The molecule has 0 aliphatic carbocycles. The van der Waals surface area contributed by atoms with E-state index in [9.17, 15) is 8.78 Å². The molecule has 0 aromatic carbocycles. The second kappa shape index (κ2) is 7.52. The van der Waals surface area contributed by atoms with Crippen LogP contribution in [0.3, 0.4) is 0 Å². The lowest BCUT2D eigenvalue weighted by atomic mass is 10.2. The molecule has 0 bridgehead atoms. The molecule has 2 aromatic heterocycles. The fraction of sp³-hybridized carbons (Fsp3) is 0.538. The van der Waals surface area contributed by atoms with Gasteiger partial charge in [0.2, 0.25) is 0 Å².